The summed E-state index contributed by atoms with van der Waals surface area (Å²) in [5.74, 6) is 1.25. The first kappa shape index (κ1) is 14.0. The second-order valence-electron chi connectivity index (χ2n) is 4.15. The first-order chi connectivity index (χ1) is 9.79. The highest BCUT2D eigenvalue weighted by atomic mass is 16.5. The van der Waals surface area contributed by atoms with Gasteiger partial charge in [-0.2, -0.15) is 5.21 Å². The number of hydrogen-bond acceptors (Lipinski definition) is 5. The van der Waals surface area contributed by atoms with Crippen LogP contribution in [0.1, 0.15) is 24.7 Å². The molecular weight excluding hydrogens is 258 g/mol. The molecule has 7 nitrogen and oxygen atoms in total. The maximum absolute atomic E-state index is 11.7. The van der Waals surface area contributed by atoms with Gasteiger partial charge in [-0.15, -0.1) is 10.2 Å². The van der Waals surface area contributed by atoms with Gasteiger partial charge in [-0.25, -0.2) is 0 Å². The van der Waals surface area contributed by atoms with E-state index in [2.05, 4.69) is 25.9 Å². The van der Waals surface area contributed by atoms with Gasteiger partial charge in [0, 0.05) is 6.42 Å². The lowest BCUT2D eigenvalue weighted by Gasteiger charge is -2.09. The zero-order valence-electron chi connectivity index (χ0n) is 11.3. The summed E-state index contributed by atoms with van der Waals surface area (Å²) in [6, 6.07) is 7.74. The number of para-hydroxylation sites is 1. The van der Waals surface area contributed by atoms with Crippen molar-refractivity contribution >= 4 is 5.91 Å². The van der Waals surface area contributed by atoms with Crippen LogP contribution in [0.3, 0.4) is 0 Å². The smallest absolute Gasteiger partial charge is 0.220 e. The minimum atomic E-state index is -0.0545. The van der Waals surface area contributed by atoms with Crippen molar-refractivity contribution in [3.05, 3.63) is 35.7 Å². The molecule has 0 saturated heterocycles. The molecule has 0 fully saturated rings. The fraction of sp³-hybridized carbons (Fsp3) is 0.385. The summed E-state index contributed by atoms with van der Waals surface area (Å²) in [5.41, 5.74) is 1.03. The summed E-state index contributed by atoms with van der Waals surface area (Å²) >= 11 is 0. The average molecular weight is 275 g/mol. The molecule has 1 heterocycles. The number of tetrazole rings is 1. The van der Waals surface area contributed by atoms with Crippen molar-refractivity contribution in [1.29, 1.82) is 0 Å². The van der Waals surface area contributed by atoms with E-state index in [1.165, 1.54) is 0 Å². The molecule has 1 aromatic carbocycles. The molecular formula is C13H17N5O2. The molecule has 0 saturated carbocycles. The van der Waals surface area contributed by atoms with Crippen LogP contribution in [-0.4, -0.2) is 33.1 Å². The van der Waals surface area contributed by atoms with E-state index in [0.717, 1.165) is 11.3 Å². The molecule has 0 bridgehead atoms. The van der Waals surface area contributed by atoms with E-state index in [0.29, 0.717) is 25.3 Å². The number of aryl methyl sites for hydroxylation is 1. The predicted octanol–water partition coefficient (Wildman–Crippen LogP) is 0.847. The van der Waals surface area contributed by atoms with E-state index in [-0.39, 0.29) is 12.5 Å². The second-order valence-corrected chi connectivity index (χ2v) is 4.15. The first-order valence-electron chi connectivity index (χ1n) is 6.49. The molecule has 0 atom stereocenters. The van der Waals surface area contributed by atoms with Crippen LogP contribution in [0.5, 0.6) is 5.75 Å². The normalized spacial score (nSPS) is 10.2. The van der Waals surface area contributed by atoms with Gasteiger partial charge in [0.25, 0.3) is 0 Å². The lowest BCUT2D eigenvalue weighted by atomic mass is 10.1. The molecule has 0 aliphatic carbocycles. The molecule has 1 amide bonds. The van der Waals surface area contributed by atoms with E-state index < -0.39 is 0 Å². The largest absolute Gasteiger partial charge is 0.494 e. The van der Waals surface area contributed by atoms with E-state index in [1.54, 1.807) is 0 Å². The molecule has 0 spiro atoms. The number of aromatic nitrogens is 4. The van der Waals surface area contributed by atoms with E-state index in [4.69, 9.17) is 4.74 Å². The number of rotatable bonds is 7. The number of ether oxygens (including phenoxy) is 1. The average Bonchev–Trinajstić information content (AvgIpc) is 2.98. The Labute approximate surface area is 116 Å². The van der Waals surface area contributed by atoms with Gasteiger partial charge in [-0.3, -0.25) is 4.79 Å². The Kier molecular flexibility index (Phi) is 5.05. The van der Waals surface area contributed by atoms with Gasteiger partial charge in [-0.1, -0.05) is 23.4 Å². The number of carbonyl (C=O) groups is 1. The Morgan fingerprint density at radius 2 is 2.25 bits per heavy atom. The van der Waals surface area contributed by atoms with Crippen molar-refractivity contribution in [1.82, 2.24) is 25.9 Å². The molecule has 1 aromatic heterocycles. The SMILES string of the molecule is CCOc1ccccc1CCC(=O)NCc1nn[nH]n1. The van der Waals surface area contributed by atoms with Gasteiger partial charge in [0.05, 0.1) is 13.2 Å². The molecule has 2 aromatic rings. The lowest BCUT2D eigenvalue weighted by molar-refractivity contribution is -0.121. The summed E-state index contributed by atoms with van der Waals surface area (Å²) in [7, 11) is 0. The Balaban J connectivity index is 1.81. The number of amides is 1. The van der Waals surface area contributed by atoms with Gasteiger partial charge in [0.2, 0.25) is 5.91 Å². The number of nitrogens with zero attached hydrogens (tertiary/aromatic N) is 3. The number of hydrogen-bond donors (Lipinski definition) is 2. The number of carbonyl (C=O) groups excluding carboxylic acids is 1. The van der Waals surface area contributed by atoms with Crippen molar-refractivity contribution in [2.45, 2.75) is 26.3 Å². The van der Waals surface area contributed by atoms with Crippen LogP contribution >= 0.6 is 0 Å². The standard InChI is InChI=1S/C13H17N5O2/c1-2-20-11-6-4-3-5-10(11)7-8-13(19)14-9-12-15-17-18-16-12/h3-6H,2,7-9H2,1H3,(H,14,19)(H,15,16,17,18). The molecule has 0 aliphatic rings. The van der Waals surface area contributed by atoms with Crippen LogP contribution in [0.15, 0.2) is 24.3 Å². The quantitative estimate of drug-likeness (QED) is 0.781. The zero-order chi connectivity index (χ0) is 14.2. The maximum Gasteiger partial charge on any atom is 0.220 e. The molecule has 0 unspecified atom stereocenters. The summed E-state index contributed by atoms with van der Waals surface area (Å²) in [6.07, 6.45) is 1.02. The van der Waals surface area contributed by atoms with Crippen LogP contribution in [-0.2, 0) is 17.8 Å². The first-order valence-corrected chi connectivity index (χ1v) is 6.49. The van der Waals surface area contributed by atoms with Crippen LogP contribution in [0, 0.1) is 0 Å². The Morgan fingerprint density at radius 1 is 1.40 bits per heavy atom. The second kappa shape index (κ2) is 7.22. The van der Waals surface area contributed by atoms with Crippen molar-refractivity contribution < 1.29 is 9.53 Å². The molecule has 106 valence electrons. The third-order valence-corrected chi connectivity index (χ3v) is 2.73. The van der Waals surface area contributed by atoms with Gasteiger partial charge in [-0.05, 0) is 25.0 Å². The molecule has 7 heteroatoms. The van der Waals surface area contributed by atoms with Gasteiger partial charge in [0.1, 0.15) is 5.75 Å². The fourth-order valence-corrected chi connectivity index (χ4v) is 1.78. The number of aromatic amines is 1. The molecule has 20 heavy (non-hydrogen) atoms. The Hall–Kier alpha value is -2.44. The molecule has 2 N–H and O–H groups in total. The van der Waals surface area contributed by atoms with E-state index in [1.807, 2.05) is 31.2 Å². The maximum atomic E-state index is 11.7. The highest BCUT2D eigenvalue weighted by Crippen LogP contribution is 2.19. The van der Waals surface area contributed by atoms with Crippen LogP contribution in [0.25, 0.3) is 0 Å². The lowest BCUT2D eigenvalue weighted by Crippen LogP contribution is -2.23. The van der Waals surface area contributed by atoms with Crippen molar-refractivity contribution in [3.63, 3.8) is 0 Å². The van der Waals surface area contributed by atoms with E-state index in [9.17, 15) is 4.79 Å². The van der Waals surface area contributed by atoms with Gasteiger partial charge >= 0.3 is 0 Å². The minimum absolute atomic E-state index is 0.0545. The Bertz CT molecular complexity index is 541. The van der Waals surface area contributed by atoms with Crippen molar-refractivity contribution in [3.8, 4) is 5.75 Å². The minimum Gasteiger partial charge on any atom is -0.494 e. The third kappa shape index (κ3) is 4.04. The fourth-order valence-electron chi connectivity index (χ4n) is 1.78. The molecule has 0 radical (unpaired) electrons. The summed E-state index contributed by atoms with van der Waals surface area (Å²) in [6.45, 7) is 2.83. The molecule has 2 rings (SSSR count). The third-order valence-electron chi connectivity index (χ3n) is 2.73. The number of benzene rings is 1. The number of H-pyrrole nitrogens is 1. The highest BCUT2D eigenvalue weighted by molar-refractivity contribution is 5.76. The highest BCUT2D eigenvalue weighted by Gasteiger charge is 2.07. The topological polar surface area (TPSA) is 92.8 Å². The summed E-state index contributed by atoms with van der Waals surface area (Å²) in [4.78, 5) is 11.7. The monoisotopic (exact) mass is 275 g/mol. The van der Waals surface area contributed by atoms with Gasteiger partial charge in [0.15, 0.2) is 5.82 Å². The number of nitrogens with one attached hydrogen (secondary N) is 2. The zero-order valence-corrected chi connectivity index (χ0v) is 11.3. The van der Waals surface area contributed by atoms with E-state index >= 15 is 0 Å². The van der Waals surface area contributed by atoms with Crippen LogP contribution < -0.4 is 10.1 Å². The summed E-state index contributed by atoms with van der Waals surface area (Å²) < 4.78 is 5.52. The van der Waals surface area contributed by atoms with Crippen molar-refractivity contribution in [2.75, 3.05) is 6.61 Å². The predicted molar refractivity (Wildman–Crippen MR) is 72.0 cm³/mol. The molecule has 0 aliphatic heterocycles. The Morgan fingerprint density at radius 3 is 3.00 bits per heavy atom. The van der Waals surface area contributed by atoms with Crippen LogP contribution in [0.4, 0.5) is 0 Å². The van der Waals surface area contributed by atoms with Crippen molar-refractivity contribution in [2.24, 2.45) is 0 Å². The van der Waals surface area contributed by atoms with Gasteiger partial charge < -0.3 is 10.1 Å². The van der Waals surface area contributed by atoms with Crippen LogP contribution in [0.2, 0.25) is 0 Å². The summed E-state index contributed by atoms with van der Waals surface area (Å²) in [5, 5.41) is 16.0.